The van der Waals surface area contributed by atoms with E-state index in [1.54, 1.807) is 18.3 Å². The van der Waals surface area contributed by atoms with Crippen molar-refractivity contribution in [1.82, 2.24) is 15.2 Å². The van der Waals surface area contributed by atoms with Crippen LogP contribution in [0.15, 0.2) is 34.5 Å². The van der Waals surface area contributed by atoms with E-state index in [1.165, 1.54) is 11.8 Å². The number of nitrogens with zero attached hydrogens (tertiary/aromatic N) is 4. The summed E-state index contributed by atoms with van der Waals surface area (Å²) in [6, 6.07) is 9.31. The van der Waals surface area contributed by atoms with Gasteiger partial charge >= 0.3 is 0 Å². The second kappa shape index (κ2) is 6.78. The Kier molecular flexibility index (Phi) is 4.78. The number of anilines is 1. The molecule has 0 unspecified atom stereocenters. The van der Waals surface area contributed by atoms with Crippen LogP contribution in [0.3, 0.4) is 0 Å². The molecule has 0 fully saturated rings. The van der Waals surface area contributed by atoms with Crippen LogP contribution in [0.2, 0.25) is 5.02 Å². The molecule has 8 heteroatoms. The third-order valence-corrected chi connectivity index (χ3v) is 2.91. The molecule has 6 nitrogen and oxygen atoms in total. The first-order valence-corrected chi connectivity index (χ1v) is 6.61. The Morgan fingerprint density at radius 2 is 2.47 bits per heavy atom. The fourth-order valence-electron chi connectivity index (χ4n) is 1.21. The van der Waals surface area contributed by atoms with Crippen molar-refractivity contribution < 1.29 is 0 Å². The Hall–Kier alpha value is -2.04. The van der Waals surface area contributed by atoms with Gasteiger partial charge in [0.05, 0.1) is 18.0 Å². The Labute approximate surface area is 118 Å². The Balaban J connectivity index is 1.91. The minimum Gasteiger partial charge on any atom is -0.246 e. The Morgan fingerprint density at radius 1 is 1.58 bits per heavy atom. The molecule has 0 amide bonds. The van der Waals surface area contributed by atoms with Crippen LogP contribution >= 0.6 is 23.4 Å². The van der Waals surface area contributed by atoms with Gasteiger partial charge in [0.15, 0.2) is 0 Å². The molecule has 0 atom stereocenters. The number of hydrogen-bond donors (Lipinski definition) is 2. The number of thioether (sulfide) groups is 1. The minimum atomic E-state index is 0.309. The van der Waals surface area contributed by atoms with Gasteiger partial charge in [0.2, 0.25) is 11.1 Å². The van der Waals surface area contributed by atoms with Crippen molar-refractivity contribution >= 4 is 35.5 Å². The molecular formula is C11H9ClN6S. The summed E-state index contributed by atoms with van der Waals surface area (Å²) in [4.78, 5) is 4.09. The van der Waals surface area contributed by atoms with Gasteiger partial charge in [0.25, 0.3) is 0 Å². The molecule has 0 bridgehead atoms. The number of H-pyrrole nitrogens is 1. The zero-order chi connectivity index (χ0) is 13.5. The van der Waals surface area contributed by atoms with Crippen molar-refractivity contribution in [3.63, 3.8) is 0 Å². The summed E-state index contributed by atoms with van der Waals surface area (Å²) in [5.74, 6) is 0.724. The second-order valence-corrected chi connectivity index (χ2v) is 4.72. The third kappa shape index (κ3) is 4.28. The predicted octanol–water partition coefficient (Wildman–Crippen LogP) is 2.52. The highest BCUT2D eigenvalue weighted by Gasteiger charge is 2.01. The molecule has 0 aliphatic carbocycles. The predicted molar refractivity (Wildman–Crippen MR) is 75.4 cm³/mol. The lowest BCUT2D eigenvalue weighted by Crippen LogP contribution is -1.92. The zero-order valence-electron chi connectivity index (χ0n) is 9.67. The maximum atomic E-state index is 8.44. The van der Waals surface area contributed by atoms with Gasteiger partial charge in [-0.25, -0.2) is 10.5 Å². The van der Waals surface area contributed by atoms with E-state index in [0.29, 0.717) is 21.9 Å². The second-order valence-electron chi connectivity index (χ2n) is 3.34. The Bertz CT molecular complexity index is 618. The van der Waals surface area contributed by atoms with Gasteiger partial charge in [-0.2, -0.15) is 15.3 Å². The summed E-state index contributed by atoms with van der Waals surface area (Å²) in [6.45, 7) is 0. The van der Waals surface area contributed by atoms with Gasteiger partial charge in [0.1, 0.15) is 0 Å². The largest absolute Gasteiger partial charge is 0.246 e. The van der Waals surface area contributed by atoms with Crippen molar-refractivity contribution in [1.29, 1.82) is 5.26 Å². The fraction of sp³-hybridized carbons (Fsp3) is 0.0909. The number of nitrogens with one attached hydrogen (secondary N) is 2. The first-order valence-electron chi connectivity index (χ1n) is 5.25. The molecule has 2 aromatic rings. The fourth-order valence-corrected chi connectivity index (χ4v) is 1.87. The number of halogens is 1. The molecule has 1 aromatic carbocycles. The maximum Gasteiger partial charge on any atom is 0.240 e. The topological polar surface area (TPSA) is 89.8 Å². The molecule has 0 radical (unpaired) electrons. The zero-order valence-corrected chi connectivity index (χ0v) is 11.2. The van der Waals surface area contributed by atoms with Crippen molar-refractivity contribution in [2.24, 2.45) is 5.10 Å². The first-order chi connectivity index (χ1) is 9.28. The smallest absolute Gasteiger partial charge is 0.240 e. The van der Waals surface area contributed by atoms with Gasteiger partial charge in [-0.05, 0) is 17.7 Å². The van der Waals surface area contributed by atoms with E-state index in [4.69, 9.17) is 16.9 Å². The molecule has 0 saturated carbocycles. The van der Waals surface area contributed by atoms with Crippen LogP contribution in [-0.4, -0.2) is 27.1 Å². The van der Waals surface area contributed by atoms with E-state index < -0.39 is 0 Å². The minimum absolute atomic E-state index is 0.309. The van der Waals surface area contributed by atoms with Gasteiger partial charge in [-0.3, -0.25) is 0 Å². The van der Waals surface area contributed by atoms with Crippen LogP contribution in [-0.2, 0) is 0 Å². The van der Waals surface area contributed by atoms with Crippen LogP contribution in [0.25, 0.3) is 0 Å². The van der Waals surface area contributed by atoms with E-state index in [0.717, 1.165) is 5.56 Å². The number of benzene rings is 1. The average molecular weight is 293 g/mol. The lowest BCUT2D eigenvalue weighted by Gasteiger charge is -1.94. The molecule has 96 valence electrons. The van der Waals surface area contributed by atoms with E-state index in [1.807, 2.05) is 18.2 Å². The number of aromatic nitrogens is 3. The highest BCUT2D eigenvalue weighted by atomic mass is 35.5. The summed E-state index contributed by atoms with van der Waals surface area (Å²) in [5.41, 5.74) is 3.58. The van der Waals surface area contributed by atoms with Gasteiger partial charge in [0, 0.05) is 5.02 Å². The summed E-state index contributed by atoms with van der Waals surface area (Å²) in [6.07, 6.45) is 1.62. The first kappa shape index (κ1) is 13.4. The molecule has 1 aromatic heterocycles. The molecule has 1 heterocycles. The average Bonchev–Trinajstić information content (AvgIpc) is 2.84. The molecule has 2 N–H and O–H groups in total. The normalized spacial score (nSPS) is 10.5. The van der Waals surface area contributed by atoms with Crippen LogP contribution in [0.4, 0.5) is 5.95 Å². The lowest BCUT2D eigenvalue weighted by atomic mass is 10.2. The van der Waals surface area contributed by atoms with E-state index >= 15 is 0 Å². The molecule has 19 heavy (non-hydrogen) atoms. The van der Waals surface area contributed by atoms with E-state index in [2.05, 4.69) is 25.7 Å². The monoisotopic (exact) mass is 292 g/mol. The molecule has 0 saturated heterocycles. The maximum absolute atomic E-state index is 8.44. The molecule has 0 aliphatic rings. The van der Waals surface area contributed by atoms with E-state index in [9.17, 15) is 0 Å². The van der Waals surface area contributed by atoms with Crippen LogP contribution in [0, 0.1) is 11.3 Å². The summed E-state index contributed by atoms with van der Waals surface area (Å²) in [5, 5.41) is 20.2. The number of hydrazone groups is 1. The van der Waals surface area contributed by atoms with Crippen molar-refractivity contribution in [3.8, 4) is 6.07 Å². The summed E-state index contributed by atoms with van der Waals surface area (Å²) >= 11 is 7.10. The highest BCUT2D eigenvalue weighted by molar-refractivity contribution is 7.99. The molecule has 0 spiro atoms. The quantitative estimate of drug-likeness (QED) is 0.502. The molecule has 2 rings (SSSR count). The number of nitriles is 1. The SMILES string of the molecule is N#CCSc1n[nH]c(N/N=C\c2cccc(Cl)c2)n1. The van der Waals surface area contributed by atoms with Crippen molar-refractivity contribution in [2.45, 2.75) is 5.16 Å². The van der Waals surface area contributed by atoms with Gasteiger partial charge < -0.3 is 0 Å². The van der Waals surface area contributed by atoms with Gasteiger partial charge in [-0.15, -0.1) is 5.10 Å². The molecular weight excluding hydrogens is 284 g/mol. The summed E-state index contributed by atoms with van der Waals surface area (Å²) in [7, 11) is 0. The third-order valence-electron chi connectivity index (χ3n) is 1.96. The Morgan fingerprint density at radius 3 is 3.26 bits per heavy atom. The highest BCUT2D eigenvalue weighted by Crippen LogP contribution is 2.13. The number of aromatic amines is 1. The molecule has 0 aliphatic heterocycles. The standard InChI is InChI=1S/C11H9ClN6S/c12-9-3-1-2-8(6-9)7-14-16-10-15-11(18-17-10)19-5-4-13/h1-3,6-7H,5H2,(H2,15,16,17,18)/b14-7-. The number of hydrogen-bond acceptors (Lipinski definition) is 6. The van der Waals surface area contributed by atoms with E-state index in [-0.39, 0.29) is 0 Å². The van der Waals surface area contributed by atoms with Crippen LogP contribution in [0.5, 0.6) is 0 Å². The van der Waals surface area contributed by atoms with Crippen LogP contribution in [0.1, 0.15) is 5.56 Å². The van der Waals surface area contributed by atoms with Crippen LogP contribution < -0.4 is 5.43 Å². The lowest BCUT2D eigenvalue weighted by molar-refractivity contribution is 0.975. The van der Waals surface area contributed by atoms with Gasteiger partial charge in [-0.1, -0.05) is 35.5 Å². The van der Waals surface area contributed by atoms with Crippen molar-refractivity contribution in [2.75, 3.05) is 11.2 Å². The number of rotatable bonds is 5. The van der Waals surface area contributed by atoms with Crippen molar-refractivity contribution in [3.05, 3.63) is 34.9 Å². The summed E-state index contributed by atoms with van der Waals surface area (Å²) < 4.78 is 0.